The van der Waals surface area contributed by atoms with Gasteiger partial charge in [-0.1, -0.05) is 19.1 Å². The topological polar surface area (TPSA) is 149 Å². The number of hydrogen-bond donors (Lipinski definition) is 3. The molecule has 44 heavy (non-hydrogen) atoms. The molecule has 0 aliphatic carbocycles. The van der Waals surface area contributed by atoms with Gasteiger partial charge < -0.3 is 19.9 Å². The minimum Gasteiger partial charge on any atom is -0.493 e. The summed E-state index contributed by atoms with van der Waals surface area (Å²) in [6.45, 7) is 3.44. The Balaban J connectivity index is 1.45. The summed E-state index contributed by atoms with van der Waals surface area (Å²) in [7, 11) is 0.0609. The number of ether oxygens (including phenoxy) is 1. The first-order valence-corrected chi connectivity index (χ1v) is 15.8. The van der Waals surface area contributed by atoms with E-state index < -0.39 is 15.6 Å². The van der Waals surface area contributed by atoms with Crippen LogP contribution in [0.2, 0.25) is 0 Å². The highest BCUT2D eigenvalue weighted by Gasteiger charge is 2.34. The van der Waals surface area contributed by atoms with Crippen LogP contribution in [0.25, 0.3) is 33.3 Å². The van der Waals surface area contributed by atoms with Crippen molar-refractivity contribution in [3.63, 3.8) is 0 Å². The van der Waals surface area contributed by atoms with Crippen molar-refractivity contribution in [3.8, 4) is 17.1 Å². The second kappa shape index (κ2) is 11.9. The molecule has 1 atom stereocenters. The van der Waals surface area contributed by atoms with Gasteiger partial charge in [0.1, 0.15) is 28.6 Å². The SMILES string of the molecule is CCCOc1ccc(S(=O)(=O)N2CCC(N(C)C)C2)cc1-c1nc2c(c(NCc3ccc(F)cc3)nc3[nH]ncc32)c(=O)[nH]1. The Kier molecular flexibility index (Phi) is 8.05. The number of anilines is 1. The molecule has 0 radical (unpaired) electrons. The average Bonchev–Trinajstić information content (AvgIpc) is 3.70. The van der Waals surface area contributed by atoms with Gasteiger partial charge >= 0.3 is 0 Å². The molecule has 3 N–H and O–H groups in total. The quantitative estimate of drug-likeness (QED) is 0.212. The third-order valence-corrected chi connectivity index (χ3v) is 9.65. The maximum absolute atomic E-state index is 13.7. The second-order valence-corrected chi connectivity index (χ2v) is 12.9. The average molecular weight is 621 g/mol. The zero-order valence-electron chi connectivity index (χ0n) is 24.6. The highest BCUT2D eigenvalue weighted by molar-refractivity contribution is 7.89. The molecular weight excluding hydrogens is 587 g/mol. The Labute approximate surface area is 253 Å². The Morgan fingerprint density at radius 2 is 1.95 bits per heavy atom. The van der Waals surface area contributed by atoms with Crippen molar-refractivity contribution in [3.05, 3.63) is 70.4 Å². The Hall–Kier alpha value is -4.40. The van der Waals surface area contributed by atoms with E-state index in [2.05, 4.69) is 25.5 Å². The molecule has 1 unspecified atom stereocenters. The molecule has 2 aromatic carbocycles. The molecule has 1 fully saturated rings. The van der Waals surface area contributed by atoms with Gasteiger partial charge in [-0.3, -0.25) is 9.89 Å². The van der Waals surface area contributed by atoms with E-state index in [1.807, 2.05) is 25.9 Å². The van der Waals surface area contributed by atoms with Crippen LogP contribution in [0.3, 0.4) is 0 Å². The third kappa shape index (κ3) is 5.63. The normalized spacial score (nSPS) is 15.9. The van der Waals surface area contributed by atoms with Crippen LogP contribution < -0.4 is 15.6 Å². The molecule has 230 valence electrons. The van der Waals surface area contributed by atoms with Gasteiger partial charge in [0.15, 0.2) is 5.65 Å². The molecule has 0 saturated carbocycles. The summed E-state index contributed by atoms with van der Waals surface area (Å²) in [4.78, 5) is 28.0. The summed E-state index contributed by atoms with van der Waals surface area (Å²) in [5.74, 6) is 0.468. The van der Waals surface area contributed by atoms with Crippen LogP contribution in [0.4, 0.5) is 10.2 Å². The highest BCUT2D eigenvalue weighted by Crippen LogP contribution is 2.34. The molecule has 0 amide bonds. The largest absolute Gasteiger partial charge is 0.493 e. The predicted octanol–water partition coefficient (Wildman–Crippen LogP) is 3.73. The van der Waals surface area contributed by atoms with Crippen LogP contribution in [-0.2, 0) is 16.6 Å². The number of aromatic nitrogens is 5. The summed E-state index contributed by atoms with van der Waals surface area (Å²) in [5, 5.41) is 10.8. The van der Waals surface area contributed by atoms with Crippen molar-refractivity contribution in [2.75, 3.05) is 39.1 Å². The molecule has 1 aliphatic heterocycles. The monoisotopic (exact) mass is 620 g/mol. The minimum atomic E-state index is -3.82. The van der Waals surface area contributed by atoms with Crippen molar-refractivity contribution in [1.82, 2.24) is 34.4 Å². The van der Waals surface area contributed by atoms with Crippen LogP contribution in [0.1, 0.15) is 25.3 Å². The maximum Gasteiger partial charge on any atom is 0.262 e. The van der Waals surface area contributed by atoms with Crippen LogP contribution in [0, 0.1) is 5.82 Å². The fourth-order valence-corrected chi connectivity index (χ4v) is 6.85. The molecule has 0 spiro atoms. The molecule has 6 rings (SSSR count). The third-order valence-electron chi connectivity index (χ3n) is 7.79. The molecule has 4 heterocycles. The zero-order valence-corrected chi connectivity index (χ0v) is 25.4. The lowest BCUT2D eigenvalue weighted by atomic mass is 10.1. The number of benzene rings is 2. The number of hydrogen-bond acceptors (Lipinski definition) is 9. The molecular formula is C30H33FN8O4S. The molecule has 5 aromatic rings. The zero-order chi connectivity index (χ0) is 31.0. The van der Waals surface area contributed by atoms with E-state index in [1.165, 1.54) is 34.8 Å². The van der Waals surface area contributed by atoms with E-state index in [-0.39, 0.29) is 40.3 Å². The van der Waals surface area contributed by atoms with Gasteiger partial charge in [0.05, 0.1) is 34.2 Å². The van der Waals surface area contributed by atoms with E-state index in [0.717, 1.165) is 18.4 Å². The molecule has 14 heteroatoms. The van der Waals surface area contributed by atoms with E-state index in [1.54, 1.807) is 18.2 Å². The lowest BCUT2D eigenvalue weighted by molar-refractivity contribution is 0.302. The number of H-pyrrole nitrogens is 2. The summed E-state index contributed by atoms with van der Waals surface area (Å²) < 4.78 is 48.3. The predicted molar refractivity (Wildman–Crippen MR) is 166 cm³/mol. The number of nitrogens with one attached hydrogen (secondary N) is 3. The van der Waals surface area contributed by atoms with E-state index in [0.29, 0.717) is 47.6 Å². The number of rotatable bonds is 10. The Bertz CT molecular complexity index is 1990. The number of halogens is 1. The van der Waals surface area contributed by atoms with E-state index in [4.69, 9.17) is 9.72 Å². The number of aromatic amines is 2. The Morgan fingerprint density at radius 1 is 1.16 bits per heavy atom. The summed E-state index contributed by atoms with van der Waals surface area (Å²) in [6, 6.07) is 10.8. The first-order chi connectivity index (χ1) is 21.2. The van der Waals surface area contributed by atoms with Gasteiger partial charge in [0.25, 0.3) is 5.56 Å². The highest BCUT2D eigenvalue weighted by atomic mass is 32.2. The summed E-state index contributed by atoms with van der Waals surface area (Å²) in [5.41, 5.74) is 1.39. The lowest BCUT2D eigenvalue weighted by Crippen LogP contribution is -2.34. The number of nitrogens with zero attached hydrogens (tertiary/aromatic N) is 5. The number of sulfonamides is 1. The fourth-order valence-electron chi connectivity index (χ4n) is 5.33. The molecule has 1 aliphatic rings. The van der Waals surface area contributed by atoms with Crippen molar-refractivity contribution in [2.24, 2.45) is 0 Å². The standard InChI is InChI=1S/C30H33FN8O4S/c1-4-13-43-24-10-9-21(44(41,42)39-12-11-20(17-39)38(2)3)14-22(24)27-34-26-23-16-33-37-28(23)35-29(25(26)30(40)36-27)32-15-18-5-7-19(31)8-6-18/h5-10,14,16,20H,4,11-13,15,17H2,1-3H3,(H,34,36,40)(H2,32,33,35,37). The number of fused-ring (bicyclic) bond motifs is 3. The first-order valence-electron chi connectivity index (χ1n) is 14.3. The molecule has 0 bridgehead atoms. The Morgan fingerprint density at radius 3 is 2.68 bits per heavy atom. The second-order valence-electron chi connectivity index (χ2n) is 11.0. The van der Waals surface area contributed by atoms with Crippen molar-refractivity contribution >= 4 is 37.8 Å². The maximum atomic E-state index is 13.7. The van der Waals surface area contributed by atoms with Crippen molar-refractivity contribution in [2.45, 2.75) is 37.2 Å². The lowest BCUT2D eigenvalue weighted by Gasteiger charge is -2.21. The summed E-state index contributed by atoms with van der Waals surface area (Å²) >= 11 is 0. The van der Waals surface area contributed by atoms with Gasteiger partial charge in [-0.15, -0.1) is 0 Å². The van der Waals surface area contributed by atoms with Gasteiger partial charge in [-0.2, -0.15) is 9.40 Å². The fraction of sp³-hybridized carbons (Fsp3) is 0.333. The first kappa shape index (κ1) is 29.7. The van der Waals surface area contributed by atoms with Crippen LogP contribution in [0.5, 0.6) is 5.75 Å². The van der Waals surface area contributed by atoms with Gasteiger partial charge in [-0.05, 0) is 62.8 Å². The molecule has 12 nitrogen and oxygen atoms in total. The van der Waals surface area contributed by atoms with Crippen LogP contribution in [0.15, 0.2) is 58.4 Å². The number of pyridine rings is 1. The molecule has 3 aromatic heterocycles. The minimum absolute atomic E-state index is 0.0864. The van der Waals surface area contributed by atoms with Crippen LogP contribution in [-0.4, -0.2) is 82.6 Å². The van der Waals surface area contributed by atoms with Gasteiger partial charge in [0, 0.05) is 25.7 Å². The number of likely N-dealkylation sites (N-methyl/N-ethyl adjacent to an activating group) is 1. The van der Waals surface area contributed by atoms with Crippen LogP contribution >= 0.6 is 0 Å². The van der Waals surface area contributed by atoms with E-state index >= 15 is 0 Å². The van der Waals surface area contributed by atoms with Crippen molar-refractivity contribution < 1.29 is 17.5 Å². The summed E-state index contributed by atoms with van der Waals surface area (Å²) in [6.07, 6.45) is 3.00. The smallest absolute Gasteiger partial charge is 0.262 e. The van der Waals surface area contributed by atoms with Gasteiger partial charge in [-0.25, -0.2) is 22.8 Å². The van der Waals surface area contributed by atoms with E-state index in [9.17, 15) is 17.6 Å². The molecule has 1 saturated heterocycles. The van der Waals surface area contributed by atoms with Crippen molar-refractivity contribution in [1.29, 1.82) is 0 Å². The van der Waals surface area contributed by atoms with Gasteiger partial charge in [0.2, 0.25) is 10.0 Å².